The molecule has 1 aliphatic heterocycles. The van der Waals surface area contributed by atoms with Gasteiger partial charge in [-0.15, -0.1) is 0 Å². The fraction of sp³-hybridized carbons (Fsp3) is 0.385. The van der Waals surface area contributed by atoms with Gasteiger partial charge in [-0.2, -0.15) is 12.6 Å². The van der Waals surface area contributed by atoms with Gasteiger partial charge in [-0.05, 0) is 42.4 Å². The van der Waals surface area contributed by atoms with Crippen molar-refractivity contribution in [1.82, 2.24) is 0 Å². The summed E-state index contributed by atoms with van der Waals surface area (Å²) in [6.45, 7) is 1.99. The summed E-state index contributed by atoms with van der Waals surface area (Å²) in [7, 11) is 0. The predicted octanol–water partition coefficient (Wildman–Crippen LogP) is 2.12. The second-order valence-corrected chi connectivity index (χ2v) is 4.65. The third-order valence-electron chi connectivity index (χ3n) is 3.02. The minimum atomic E-state index is -0.101. The SMILES string of the molecule is Cc1cc(N2C(=O)CCC2=O)ccc1CCS. The third kappa shape index (κ3) is 2.36. The van der Waals surface area contributed by atoms with Crippen molar-refractivity contribution in [1.29, 1.82) is 0 Å². The summed E-state index contributed by atoms with van der Waals surface area (Å²) in [5, 5.41) is 0. The summed E-state index contributed by atoms with van der Waals surface area (Å²) < 4.78 is 0. The van der Waals surface area contributed by atoms with Crippen LogP contribution in [0.4, 0.5) is 5.69 Å². The van der Waals surface area contributed by atoms with Gasteiger partial charge in [0.15, 0.2) is 0 Å². The molecule has 4 heteroatoms. The topological polar surface area (TPSA) is 37.4 Å². The van der Waals surface area contributed by atoms with Crippen molar-refractivity contribution in [3.63, 3.8) is 0 Å². The van der Waals surface area contributed by atoms with Crippen LogP contribution in [0.3, 0.4) is 0 Å². The molecule has 2 amide bonds. The second-order valence-electron chi connectivity index (χ2n) is 4.21. The zero-order valence-corrected chi connectivity index (χ0v) is 10.7. The Morgan fingerprint density at radius 2 is 1.88 bits per heavy atom. The van der Waals surface area contributed by atoms with E-state index in [2.05, 4.69) is 12.6 Å². The molecule has 0 aromatic heterocycles. The Bertz CT molecular complexity index is 454. The lowest BCUT2D eigenvalue weighted by atomic mass is 10.1. The van der Waals surface area contributed by atoms with Gasteiger partial charge in [-0.25, -0.2) is 0 Å². The minimum Gasteiger partial charge on any atom is -0.274 e. The Kier molecular flexibility index (Phi) is 3.52. The molecule has 0 saturated carbocycles. The zero-order chi connectivity index (χ0) is 12.4. The number of anilines is 1. The number of hydrogen-bond donors (Lipinski definition) is 1. The number of imide groups is 1. The lowest BCUT2D eigenvalue weighted by Crippen LogP contribution is -2.28. The van der Waals surface area contributed by atoms with Crippen LogP contribution >= 0.6 is 12.6 Å². The number of carbonyl (C=O) groups excluding carboxylic acids is 2. The molecule has 0 N–H and O–H groups in total. The number of thiol groups is 1. The Labute approximate surface area is 106 Å². The molecule has 3 nitrogen and oxygen atoms in total. The van der Waals surface area contributed by atoms with Gasteiger partial charge in [-0.3, -0.25) is 14.5 Å². The van der Waals surface area contributed by atoms with Crippen molar-refractivity contribution in [2.75, 3.05) is 10.7 Å². The minimum absolute atomic E-state index is 0.101. The summed E-state index contributed by atoms with van der Waals surface area (Å²) >= 11 is 4.20. The van der Waals surface area contributed by atoms with E-state index < -0.39 is 0 Å². The van der Waals surface area contributed by atoms with E-state index in [9.17, 15) is 9.59 Å². The van der Waals surface area contributed by atoms with Crippen LogP contribution in [-0.4, -0.2) is 17.6 Å². The monoisotopic (exact) mass is 249 g/mol. The second kappa shape index (κ2) is 4.92. The van der Waals surface area contributed by atoms with Gasteiger partial charge in [0.2, 0.25) is 11.8 Å². The molecule has 0 atom stereocenters. The molecule has 2 rings (SSSR count). The highest BCUT2D eigenvalue weighted by atomic mass is 32.1. The van der Waals surface area contributed by atoms with Crippen LogP contribution in [0.2, 0.25) is 0 Å². The average Bonchev–Trinajstić information content (AvgIpc) is 2.62. The third-order valence-corrected chi connectivity index (χ3v) is 3.24. The summed E-state index contributed by atoms with van der Waals surface area (Å²) in [5.74, 6) is 0.592. The Morgan fingerprint density at radius 3 is 2.41 bits per heavy atom. The van der Waals surface area contributed by atoms with Crippen LogP contribution in [-0.2, 0) is 16.0 Å². The Morgan fingerprint density at radius 1 is 1.24 bits per heavy atom. The summed E-state index contributed by atoms with van der Waals surface area (Å²) in [6.07, 6.45) is 1.56. The van der Waals surface area contributed by atoms with Crippen LogP contribution < -0.4 is 4.90 Å². The standard InChI is InChI=1S/C13H15NO2S/c1-9-8-11(3-2-10(9)6-7-17)14-12(15)4-5-13(14)16/h2-3,8,17H,4-7H2,1H3. The first kappa shape index (κ1) is 12.2. The highest BCUT2D eigenvalue weighted by molar-refractivity contribution is 7.80. The molecule has 0 spiro atoms. The molecule has 1 fully saturated rings. The van der Waals surface area contributed by atoms with E-state index in [4.69, 9.17) is 0 Å². The lowest BCUT2D eigenvalue weighted by molar-refractivity contribution is -0.121. The zero-order valence-electron chi connectivity index (χ0n) is 9.77. The molecule has 0 radical (unpaired) electrons. The van der Waals surface area contributed by atoms with E-state index in [1.54, 1.807) is 0 Å². The van der Waals surface area contributed by atoms with Gasteiger partial charge in [0, 0.05) is 12.8 Å². The number of rotatable bonds is 3. The highest BCUT2D eigenvalue weighted by Gasteiger charge is 2.30. The van der Waals surface area contributed by atoms with E-state index in [0.29, 0.717) is 18.5 Å². The van der Waals surface area contributed by atoms with Crippen LogP contribution in [0, 0.1) is 6.92 Å². The largest absolute Gasteiger partial charge is 0.274 e. The van der Waals surface area contributed by atoms with Crippen LogP contribution in [0.1, 0.15) is 24.0 Å². The Balaban J connectivity index is 2.31. The van der Waals surface area contributed by atoms with E-state index in [0.717, 1.165) is 17.7 Å². The molecule has 90 valence electrons. The van der Waals surface area contributed by atoms with Gasteiger partial charge in [0.05, 0.1) is 5.69 Å². The van der Waals surface area contributed by atoms with Crippen molar-refractivity contribution >= 4 is 30.1 Å². The first-order chi connectivity index (χ1) is 8.13. The number of nitrogens with zero attached hydrogens (tertiary/aromatic N) is 1. The average molecular weight is 249 g/mol. The number of amides is 2. The molecular weight excluding hydrogens is 234 g/mol. The van der Waals surface area contributed by atoms with Gasteiger partial charge >= 0.3 is 0 Å². The molecule has 1 aromatic carbocycles. The molecule has 0 bridgehead atoms. The van der Waals surface area contributed by atoms with E-state index in [1.165, 1.54) is 10.5 Å². The van der Waals surface area contributed by atoms with Crippen molar-refractivity contribution in [3.8, 4) is 0 Å². The first-order valence-electron chi connectivity index (χ1n) is 5.69. The molecule has 1 heterocycles. The van der Waals surface area contributed by atoms with Gasteiger partial charge in [0.1, 0.15) is 0 Å². The molecule has 1 aliphatic rings. The summed E-state index contributed by atoms with van der Waals surface area (Å²) in [4.78, 5) is 24.5. The van der Waals surface area contributed by atoms with Crippen molar-refractivity contribution in [2.45, 2.75) is 26.2 Å². The number of carbonyl (C=O) groups is 2. The fourth-order valence-corrected chi connectivity index (χ4v) is 2.33. The van der Waals surface area contributed by atoms with E-state index in [1.807, 2.05) is 25.1 Å². The summed E-state index contributed by atoms with van der Waals surface area (Å²) in [5.41, 5.74) is 3.00. The molecular formula is C13H15NO2S. The molecule has 0 aliphatic carbocycles. The quantitative estimate of drug-likeness (QED) is 0.658. The van der Waals surface area contributed by atoms with Crippen LogP contribution in [0.15, 0.2) is 18.2 Å². The van der Waals surface area contributed by atoms with Crippen LogP contribution in [0.5, 0.6) is 0 Å². The smallest absolute Gasteiger partial charge is 0.234 e. The normalized spacial score (nSPS) is 15.8. The molecule has 17 heavy (non-hydrogen) atoms. The maximum atomic E-state index is 11.6. The van der Waals surface area contributed by atoms with Gasteiger partial charge in [0.25, 0.3) is 0 Å². The first-order valence-corrected chi connectivity index (χ1v) is 6.33. The number of benzene rings is 1. The molecule has 1 aromatic rings. The van der Waals surface area contributed by atoms with E-state index in [-0.39, 0.29) is 11.8 Å². The van der Waals surface area contributed by atoms with Crippen LogP contribution in [0.25, 0.3) is 0 Å². The van der Waals surface area contributed by atoms with Crippen molar-refractivity contribution in [3.05, 3.63) is 29.3 Å². The molecule has 0 unspecified atom stereocenters. The number of hydrogen-bond acceptors (Lipinski definition) is 3. The van der Waals surface area contributed by atoms with Gasteiger partial charge in [-0.1, -0.05) is 6.07 Å². The van der Waals surface area contributed by atoms with E-state index >= 15 is 0 Å². The fourth-order valence-electron chi connectivity index (χ4n) is 2.08. The lowest BCUT2D eigenvalue weighted by Gasteiger charge is -2.15. The molecule has 1 saturated heterocycles. The van der Waals surface area contributed by atoms with Gasteiger partial charge < -0.3 is 0 Å². The maximum absolute atomic E-state index is 11.6. The summed E-state index contributed by atoms with van der Waals surface area (Å²) in [6, 6.07) is 5.71. The Hall–Kier alpha value is -1.29. The number of aryl methyl sites for hydroxylation is 2. The van der Waals surface area contributed by atoms with Crippen molar-refractivity contribution < 1.29 is 9.59 Å². The predicted molar refractivity (Wildman–Crippen MR) is 70.5 cm³/mol. The highest BCUT2D eigenvalue weighted by Crippen LogP contribution is 2.25. The maximum Gasteiger partial charge on any atom is 0.234 e. The van der Waals surface area contributed by atoms with Crippen molar-refractivity contribution in [2.24, 2.45) is 0 Å².